The first-order chi connectivity index (χ1) is 10.1. The van der Waals surface area contributed by atoms with Crippen LogP contribution < -0.4 is 10.2 Å². The number of aryl methyl sites for hydroxylation is 1. The maximum atomic E-state index is 12.4. The van der Waals surface area contributed by atoms with E-state index in [-0.39, 0.29) is 6.03 Å². The Morgan fingerprint density at radius 3 is 2.90 bits per heavy atom. The molecule has 0 spiro atoms. The molecule has 1 unspecified atom stereocenters. The number of aliphatic carboxylic acids is 1. The Kier molecular flexibility index (Phi) is 5.50. The van der Waals surface area contributed by atoms with E-state index in [1.165, 1.54) is 0 Å². The van der Waals surface area contributed by atoms with E-state index in [2.05, 4.69) is 5.32 Å². The molecule has 1 aliphatic heterocycles. The molecule has 5 nitrogen and oxygen atoms in total. The Labute approximate surface area is 128 Å². The lowest BCUT2D eigenvalue weighted by Crippen LogP contribution is -2.49. The number of fused-ring (bicyclic) bond motifs is 1. The standard InChI is InChI=1S/C15H20N2O3S/c1-21-10-8-12(14(18)19)16-15(20)17-9-4-6-11-5-2-3-7-13(11)17/h2-3,5,7,12H,4,6,8-10H2,1H3,(H,16,20)(H,18,19). The van der Waals surface area contributed by atoms with E-state index in [1.54, 1.807) is 16.7 Å². The van der Waals surface area contributed by atoms with Gasteiger partial charge in [-0.1, -0.05) is 18.2 Å². The summed E-state index contributed by atoms with van der Waals surface area (Å²) in [4.78, 5) is 25.3. The summed E-state index contributed by atoms with van der Waals surface area (Å²) in [6.45, 7) is 0.623. The lowest BCUT2D eigenvalue weighted by atomic mass is 10.0. The molecule has 0 fully saturated rings. The van der Waals surface area contributed by atoms with Gasteiger partial charge in [0.15, 0.2) is 0 Å². The van der Waals surface area contributed by atoms with Crippen molar-refractivity contribution in [2.45, 2.75) is 25.3 Å². The molecule has 0 saturated carbocycles. The Morgan fingerprint density at radius 1 is 1.43 bits per heavy atom. The number of amides is 2. The second-order valence-electron chi connectivity index (χ2n) is 5.01. The van der Waals surface area contributed by atoms with Crippen LogP contribution in [0, 0.1) is 0 Å². The smallest absolute Gasteiger partial charge is 0.326 e. The number of benzene rings is 1. The average molecular weight is 308 g/mol. The summed E-state index contributed by atoms with van der Waals surface area (Å²) in [6, 6.07) is 6.61. The number of nitrogens with one attached hydrogen (secondary N) is 1. The molecular weight excluding hydrogens is 288 g/mol. The molecule has 2 N–H and O–H groups in total. The first-order valence-electron chi connectivity index (χ1n) is 7.01. The number of carbonyl (C=O) groups excluding carboxylic acids is 1. The van der Waals surface area contributed by atoms with Crippen molar-refractivity contribution in [3.05, 3.63) is 29.8 Å². The van der Waals surface area contributed by atoms with Crippen molar-refractivity contribution in [2.75, 3.05) is 23.5 Å². The number of urea groups is 1. The molecule has 0 aromatic heterocycles. The van der Waals surface area contributed by atoms with Gasteiger partial charge in [0.25, 0.3) is 0 Å². The summed E-state index contributed by atoms with van der Waals surface area (Å²) in [5.74, 6) is -0.281. The van der Waals surface area contributed by atoms with Crippen molar-refractivity contribution in [3.8, 4) is 0 Å². The number of carboxylic acids is 1. The van der Waals surface area contributed by atoms with Crippen molar-refractivity contribution in [3.63, 3.8) is 0 Å². The number of thioether (sulfide) groups is 1. The highest BCUT2D eigenvalue weighted by molar-refractivity contribution is 7.98. The van der Waals surface area contributed by atoms with Gasteiger partial charge in [-0.05, 0) is 42.9 Å². The second kappa shape index (κ2) is 7.36. The summed E-state index contributed by atoms with van der Waals surface area (Å²) in [5.41, 5.74) is 2.02. The van der Waals surface area contributed by atoms with Crippen molar-refractivity contribution < 1.29 is 14.7 Å². The van der Waals surface area contributed by atoms with Gasteiger partial charge in [0, 0.05) is 12.2 Å². The molecule has 1 aliphatic rings. The van der Waals surface area contributed by atoms with E-state index >= 15 is 0 Å². The van der Waals surface area contributed by atoms with E-state index < -0.39 is 12.0 Å². The molecule has 0 radical (unpaired) electrons. The number of nitrogens with zero attached hydrogens (tertiary/aromatic N) is 1. The van der Waals surface area contributed by atoms with Gasteiger partial charge in [-0.2, -0.15) is 11.8 Å². The Hall–Kier alpha value is -1.69. The highest BCUT2D eigenvalue weighted by Crippen LogP contribution is 2.26. The third-order valence-electron chi connectivity index (χ3n) is 3.56. The molecule has 1 atom stereocenters. The molecule has 6 heteroatoms. The number of rotatable bonds is 5. The number of carbonyl (C=O) groups is 2. The molecule has 21 heavy (non-hydrogen) atoms. The zero-order valence-corrected chi connectivity index (χ0v) is 12.9. The van der Waals surface area contributed by atoms with Crippen LogP contribution in [0.5, 0.6) is 0 Å². The molecule has 1 heterocycles. The fourth-order valence-corrected chi connectivity index (χ4v) is 2.94. The van der Waals surface area contributed by atoms with E-state index in [0.717, 1.165) is 24.1 Å². The molecule has 2 rings (SSSR count). The molecule has 0 bridgehead atoms. The maximum absolute atomic E-state index is 12.4. The molecule has 0 aliphatic carbocycles. The third-order valence-corrected chi connectivity index (χ3v) is 4.21. The zero-order chi connectivity index (χ0) is 15.2. The largest absolute Gasteiger partial charge is 0.480 e. The highest BCUT2D eigenvalue weighted by atomic mass is 32.2. The van der Waals surface area contributed by atoms with Gasteiger partial charge in [0.1, 0.15) is 6.04 Å². The van der Waals surface area contributed by atoms with Crippen LogP contribution >= 0.6 is 11.8 Å². The van der Waals surface area contributed by atoms with E-state index in [1.807, 2.05) is 30.5 Å². The quantitative estimate of drug-likeness (QED) is 0.876. The van der Waals surface area contributed by atoms with E-state index in [9.17, 15) is 14.7 Å². The van der Waals surface area contributed by atoms with Crippen LogP contribution in [0.15, 0.2) is 24.3 Å². The molecular formula is C15H20N2O3S. The number of anilines is 1. The minimum absolute atomic E-state index is 0.323. The summed E-state index contributed by atoms with van der Waals surface area (Å²) < 4.78 is 0. The fourth-order valence-electron chi connectivity index (χ4n) is 2.46. The van der Waals surface area contributed by atoms with Crippen LogP contribution in [0.3, 0.4) is 0 Å². The van der Waals surface area contributed by atoms with Gasteiger partial charge >= 0.3 is 12.0 Å². The Bertz CT molecular complexity index is 521. The van der Waals surface area contributed by atoms with E-state index in [0.29, 0.717) is 18.7 Å². The van der Waals surface area contributed by atoms with Gasteiger partial charge < -0.3 is 10.4 Å². The predicted molar refractivity (Wildman–Crippen MR) is 85.1 cm³/mol. The minimum atomic E-state index is -0.984. The number of para-hydroxylation sites is 1. The van der Waals surface area contributed by atoms with Crippen LogP contribution in [0.2, 0.25) is 0 Å². The van der Waals surface area contributed by atoms with Gasteiger partial charge in [-0.25, -0.2) is 9.59 Å². The monoisotopic (exact) mass is 308 g/mol. The zero-order valence-electron chi connectivity index (χ0n) is 12.0. The third kappa shape index (κ3) is 3.91. The average Bonchev–Trinajstić information content (AvgIpc) is 2.50. The number of hydrogen-bond donors (Lipinski definition) is 2. The van der Waals surface area contributed by atoms with Crippen LogP contribution in [0.25, 0.3) is 0 Å². The summed E-state index contributed by atoms with van der Waals surface area (Å²) in [5, 5.41) is 11.8. The van der Waals surface area contributed by atoms with Crippen LogP contribution in [-0.2, 0) is 11.2 Å². The van der Waals surface area contributed by atoms with Crippen molar-refractivity contribution in [1.82, 2.24) is 5.32 Å². The normalized spacial score (nSPS) is 15.2. The Balaban J connectivity index is 2.08. The first-order valence-corrected chi connectivity index (χ1v) is 8.40. The van der Waals surface area contributed by atoms with E-state index in [4.69, 9.17) is 0 Å². The Morgan fingerprint density at radius 2 is 2.19 bits per heavy atom. The van der Waals surface area contributed by atoms with Crippen molar-refractivity contribution in [1.29, 1.82) is 0 Å². The molecule has 1 aromatic carbocycles. The molecule has 114 valence electrons. The number of carboxylic acid groups (broad SMARTS) is 1. The number of hydrogen-bond acceptors (Lipinski definition) is 3. The van der Waals surface area contributed by atoms with Crippen molar-refractivity contribution in [2.24, 2.45) is 0 Å². The summed E-state index contributed by atoms with van der Waals surface area (Å²) >= 11 is 1.57. The van der Waals surface area contributed by atoms with Gasteiger partial charge in [-0.3, -0.25) is 4.90 Å². The van der Waals surface area contributed by atoms with Gasteiger partial charge in [0.2, 0.25) is 0 Å². The highest BCUT2D eigenvalue weighted by Gasteiger charge is 2.26. The predicted octanol–water partition coefficient (Wildman–Crippen LogP) is 2.36. The van der Waals surface area contributed by atoms with Gasteiger partial charge in [-0.15, -0.1) is 0 Å². The lowest BCUT2D eigenvalue weighted by molar-refractivity contribution is -0.139. The summed E-state index contributed by atoms with van der Waals surface area (Å²) in [6.07, 6.45) is 4.20. The second-order valence-corrected chi connectivity index (χ2v) is 5.99. The summed E-state index contributed by atoms with van der Waals surface area (Å²) in [7, 11) is 0. The van der Waals surface area contributed by atoms with Crippen LogP contribution in [0.1, 0.15) is 18.4 Å². The minimum Gasteiger partial charge on any atom is -0.480 e. The molecule has 0 saturated heterocycles. The van der Waals surface area contributed by atoms with Crippen molar-refractivity contribution >= 4 is 29.4 Å². The lowest BCUT2D eigenvalue weighted by Gasteiger charge is -2.30. The topological polar surface area (TPSA) is 69.6 Å². The molecule has 2 amide bonds. The first kappa shape index (κ1) is 15.7. The van der Waals surface area contributed by atoms with Crippen LogP contribution in [-0.4, -0.2) is 41.7 Å². The van der Waals surface area contributed by atoms with Crippen LogP contribution in [0.4, 0.5) is 10.5 Å². The van der Waals surface area contributed by atoms with Gasteiger partial charge in [0.05, 0.1) is 0 Å². The molecule has 1 aromatic rings. The maximum Gasteiger partial charge on any atom is 0.326 e. The fraction of sp³-hybridized carbons (Fsp3) is 0.467. The SMILES string of the molecule is CSCCC(NC(=O)N1CCCc2ccccc21)C(=O)O.